The summed E-state index contributed by atoms with van der Waals surface area (Å²) < 4.78 is 103. The Morgan fingerprint density at radius 3 is 2.69 bits per heavy atom. The molecule has 278 valence electrons. The van der Waals surface area contributed by atoms with Gasteiger partial charge < -0.3 is 25.0 Å². The van der Waals surface area contributed by atoms with Crippen LogP contribution in [0.5, 0.6) is 6.01 Å². The monoisotopic (exact) mass is 732 g/mol. The number of nitrogen functional groups attached to an aromatic ring is 1. The van der Waals surface area contributed by atoms with Crippen molar-refractivity contribution in [1.82, 2.24) is 29.5 Å². The van der Waals surface area contributed by atoms with Gasteiger partial charge in [0.1, 0.15) is 18.6 Å². The Bertz CT molecular complexity index is 1970. The second-order valence-electron chi connectivity index (χ2n) is 13.9. The van der Waals surface area contributed by atoms with Gasteiger partial charge in [-0.05, 0) is 38.8 Å². The molecule has 2 saturated heterocycles. The number of carbonyl (C=O) groups excluding carboxylic acids is 1. The fourth-order valence-corrected chi connectivity index (χ4v) is 7.94. The number of hydrogen-bond acceptors (Lipinski definition) is 9. The van der Waals surface area contributed by atoms with Crippen LogP contribution >= 0.6 is 0 Å². The Kier molecular flexibility index (Phi) is 9.27. The van der Waals surface area contributed by atoms with Gasteiger partial charge in [0.25, 0.3) is 5.91 Å². The molecule has 6 heterocycles. The summed E-state index contributed by atoms with van der Waals surface area (Å²) in [5, 5.41) is 4.24. The molecule has 2 N–H and O–H groups in total. The van der Waals surface area contributed by atoms with Gasteiger partial charge in [-0.15, -0.1) is 5.92 Å². The fourth-order valence-electron chi connectivity index (χ4n) is 7.94. The van der Waals surface area contributed by atoms with Crippen molar-refractivity contribution in [2.24, 2.45) is 0 Å². The summed E-state index contributed by atoms with van der Waals surface area (Å²) in [4.78, 5) is 27.1. The maximum absolute atomic E-state index is 15.8. The number of amides is 1. The molecule has 0 unspecified atom stereocenters. The van der Waals surface area contributed by atoms with E-state index in [1.54, 1.807) is 4.90 Å². The molecular formula is C35H38F6N8O3. The molecule has 52 heavy (non-hydrogen) atoms. The molecule has 2 fully saturated rings. The van der Waals surface area contributed by atoms with Crippen LogP contribution in [-0.4, -0.2) is 87.5 Å². The Morgan fingerprint density at radius 1 is 1.17 bits per heavy atom. The number of nitrogens with zero attached hydrogens (tertiary/aromatic N) is 7. The van der Waals surface area contributed by atoms with Gasteiger partial charge in [-0.25, -0.2) is 13.2 Å². The maximum atomic E-state index is 15.8. The molecule has 0 aliphatic carbocycles. The first kappa shape index (κ1) is 35.8. The van der Waals surface area contributed by atoms with Crippen LogP contribution in [0.3, 0.4) is 0 Å². The molecular weight excluding hydrogens is 694 g/mol. The lowest BCUT2D eigenvalue weighted by Gasteiger charge is -2.33. The summed E-state index contributed by atoms with van der Waals surface area (Å²) in [6.07, 6.45) is -5.45. The van der Waals surface area contributed by atoms with Gasteiger partial charge >= 0.3 is 12.2 Å². The van der Waals surface area contributed by atoms with Gasteiger partial charge in [-0.2, -0.15) is 28.2 Å². The SMILES string of the molecule is CC#Cc1cc(N)c(F)c([C@H]2Cc3nc(OC[C@@]45CCCN4C[C@H](F)C5)nc(N4CCCn5nc(C(=O)N(C)C)c(F)c5C4)c3CO2)c1C(F)(F)F. The van der Waals surface area contributed by atoms with Crippen molar-refractivity contribution in [1.29, 1.82) is 0 Å². The Labute approximate surface area is 296 Å². The quantitative estimate of drug-likeness (QED) is 0.217. The molecule has 0 bridgehead atoms. The van der Waals surface area contributed by atoms with E-state index in [9.17, 15) is 22.4 Å². The van der Waals surface area contributed by atoms with E-state index in [1.807, 2.05) is 0 Å². The Morgan fingerprint density at radius 2 is 1.96 bits per heavy atom. The minimum absolute atomic E-state index is 0.0613. The summed E-state index contributed by atoms with van der Waals surface area (Å²) >= 11 is 0. The molecule has 1 aromatic carbocycles. The summed E-state index contributed by atoms with van der Waals surface area (Å²) in [5.74, 6) is 2.47. The van der Waals surface area contributed by atoms with E-state index in [0.29, 0.717) is 38.0 Å². The highest BCUT2D eigenvalue weighted by molar-refractivity contribution is 5.92. The molecule has 0 saturated carbocycles. The molecule has 4 aliphatic rings. The van der Waals surface area contributed by atoms with Crippen LogP contribution in [0.1, 0.15) is 82.8 Å². The van der Waals surface area contributed by atoms with Gasteiger partial charge in [0.15, 0.2) is 17.3 Å². The summed E-state index contributed by atoms with van der Waals surface area (Å²) in [6.45, 7) is 2.73. The minimum atomic E-state index is -4.99. The molecule has 0 radical (unpaired) electrons. The van der Waals surface area contributed by atoms with Crippen LogP contribution in [0.15, 0.2) is 6.07 Å². The van der Waals surface area contributed by atoms with Crippen molar-refractivity contribution < 1.29 is 40.6 Å². The van der Waals surface area contributed by atoms with Gasteiger partial charge in [-0.3, -0.25) is 14.4 Å². The number of aryl methyl sites for hydroxylation is 1. The minimum Gasteiger partial charge on any atom is -0.461 e. The molecule has 11 nitrogen and oxygen atoms in total. The lowest BCUT2D eigenvalue weighted by atomic mass is 9.91. The van der Waals surface area contributed by atoms with Gasteiger partial charge in [0.05, 0.1) is 47.4 Å². The normalized spacial score (nSPS) is 23.0. The van der Waals surface area contributed by atoms with E-state index >= 15 is 8.78 Å². The second kappa shape index (κ2) is 13.4. The number of fused-ring (bicyclic) bond motifs is 3. The number of halogens is 6. The average Bonchev–Trinajstić information content (AvgIpc) is 3.66. The standard InChI is InChI=1S/C35H38F6N8O3/c1-4-7-19-12-22(42)28(37)26(27(19)35(39,40)41)25-13-23-21(17-51-25)31(44-33(43-23)52-18-34-8-5-10-48(34)15-20(36)14-34)47-9-6-11-49-24(16-47)29(38)30(45-49)32(50)46(2)3/h12,20,25H,5-6,8-11,13-18,42H2,1-3H3/t20-,25-,34+/m1/s1. The van der Waals surface area contributed by atoms with E-state index in [2.05, 4.69) is 26.8 Å². The van der Waals surface area contributed by atoms with Crippen LogP contribution in [0, 0.1) is 23.5 Å². The van der Waals surface area contributed by atoms with Crippen LogP contribution < -0.4 is 15.4 Å². The van der Waals surface area contributed by atoms with E-state index in [1.165, 1.54) is 30.6 Å². The molecule has 1 amide bonds. The van der Waals surface area contributed by atoms with Gasteiger partial charge in [0, 0.05) is 63.3 Å². The third kappa shape index (κ3) is 6.29. The van der Waals surface area contributed by atoms with E-state index < -0.39 is 63.9 Å². The molecule has 4 aliphatic heterocycles. The third-order valence-electron chi connectivity index (χ3n) is 10.3. The van der Waals surface area contributed by atoms with Crippen molar-refractivity contribution >= 4 is 17.4 Å². The largest absolute Gasteiger partial charge is 0.461 e. The number of aromatic nitrogens is 4. The molecule has 7 rings (SSSR count). The smallest absolute Gasteiger partial charge is 0.418 e. The predicted molar refractivity (Wildman–Crippen MR) is 176 cm³/mol. The third-order valence-corrected chi connectivity index (χ3v) is 10.3. The molecule has 3 aromatic rings. The zero-order chi connectivity index (χ0) is 37.1. The highest BCUT2D eigenvalue weighted by Gasteiger charge is 2.49. The lowest BCUT2D eigenvalue weighted by molar-refractivity contribution is -0.140. The first-order valence-electron chi connectivity index (χ1n) is 17.1. The molecule has 3 atom stereocenters. The summed E-state index contributed by atoms with van der Waals surface area (Å²) in [7, 11) is 2.99. The zero-order valence-electron chi connectivity index (χ0n) is 28.9. The van der Waals surface area contributed by atoms with Crippen LogP contribution in [0.4, 0.5) is 37.8 Å². The van der Waals surface area contributed by atoms with Crippen molar-refractivity contribution in [2.75, 3.05) is 51.0 Å². The van der Waals surface area contributed by atoms with Crippen LogP contribution in [0.25, 0.3) is 0 Å². The maximum Gasteiger partial charge on any atom is 0.418 e. The highest BCUT2D eigenvalue weighted by Crippen LogP contribution is 2.45. The van der Waals surface area contributed by atoms with Crippen molar-refractivity contribution in [2.45, 2.75) is 82.7 Å². The molecule has 17 heteroatoms. The zero-order valence-corrected chi connectivity index (χ0v) is 28.9. The number of hydrogen-bond donors (Lipinski definition) is 1. The van der Waals surface area contributed by atoms with Crippen molar-refractivity contribution in [3.8, 4) is 17.9 Å². The van der Waals surface area contributed by atoms with E-state index in [4.69, 9.17) is 20.2 Å². The van der Waals surface area contributed by atoms with Crippen molar-refractivity contribution in [3.05, 3.63) is 57.0 Å². The number of ether oxygens (including phenoxy) is 2. The van der Waals surface area contributed by atoms with Gasteiger partial charge in [-0.1, -0.05) is 5.92 Å². The van der Waals surface area contributed by atoms with E-state index in [0.717, 1.165) is 19.0 Å². The number of anilines is 2. The highest BCUT2D eigenvalue weighted by atomic mass is 19.4. The first-order chi connectivity index (χ1) is 24.7. The summed E-state index contributed by atoms with van der Waals surface area (Å²) in [6, 6.07) is 0.750. The number of carbonyl (C=O) groups is 1. The molecule has 0 spiro atoms. The van der Waals surface area contributed by atoms with Crippen LogP contribution in [0.2, 0.25) is 0 Å². The molecule has 2 aromatic heterocycles. The number of rotatable bonds is 6. The lowest BCUT2D eigenvalue weighted by Crippen LogP contribution is -2.43. The number of alkyl halides is 4. The Balaban J connectivity index is 1.30. The van der Waals surface area contributed by atoms with Crippen molar-refractivity contribution in [3.63, 3.8) is 0 Å². The number of benzene rings is 1. The second-order valence-corrected chi connectivity index (χ2v) is 13.9. The summed E-state index contributed by atoms with van der Waals surface area (Å²) in [5.41, 5.74) is 2.71. The van der Waals surface area contributed by atoms with Crippen LogP contribution in [-0.2, 0) is 37.0 Å². The Hall–Kier alpha value is -4.56. The average molecular weight is 733 g/mol. The van der Waals surface area contributed by atoms with E-state index in [-0.39, 0.29) is 61.5 Å². The topological polar surface area (TPSA) is 115 Å². The van der Waals surface area contributed by atoms with Gasteiger partial charge in [0.2, 0.25) is 0 Å². The number of nitrogens with two attached hydrogens (primary N) is 1. The fraction of sp³-hybridized carbons (Fsp3) is 0.543. The predicted octanol–water partition coefficient (Wildman–Crippen LogP) is 4.81. The first-order valence-corrected chi connectivity index (χ1v) is 17.1.